The Kier molecular flexibility index (Phi) is 6.17. The highest BCUT2D eigenvalue weighted by Crippen LogP contribution is 2.24. The van der Waals surface area contributed by atoms with E-state index in [4.69, 9.17) is 4.74 Å². The van der Waals surface area contributed by atoms with Crippen molar-refractivity contribution >= 4 is 17.2 Å². The highest BCUT2D eigenvalue weighted by Gasteiger charge is 2.30. The molecule has 0 aliphatic carbocycles. The molecule has 0 saturated carbocycles. The first kappa shape index (κ1) is 18.6. The van der Waals surface area contributed by atoms with Crippen LogP contribution in [0.15, 0.2) is 42.0 Å². The van der Waals surface area contributed by atoms with Crippen molar-refractivity contribution in [2.75, 3.05) is 26.2 Å². The molecule has 6 heteroatoms. The minimum atomic E-state index is 0.184. The molecule has 0 spiro atoms. The molecule has 2 aromatic rings. The fourth-order valence-corrected chi connectivity index (χ4v) is 4.80. The van der Waals surface area contributed by atoms with Gasteiger partial charge in [-0.3, -0.25) is 14.7 Å². The van der Waals surface area contributed by atoms with Gasteiger partial charge in [0.25, 0.3) is 5.91 Å². The molecule has 144 valence electrons. The second-order valence-corrected chi connectivity index (χ2v) is 8.37. The van der Waals surface area contributed by atoms with E-state index in [1.807, 2.05) is 34.8 Å². The Labute approximate surface area is 165 Å². The molecule has 1 atom stereocenters. The summed E-state index contributed by atoms with van der Waals surface area (Å²) < 4.78 is 5.90. The van der Waals surface area contributed by atoms with Gasteiger partial charge in [-0.25, -0.2) is 0 Å². The van der Waals surface area contributed by atoms with Crippen LogP contribution in [-0.2, 0) is 11.3 Å². The zero-order chi connectivity index (χ0) is 18.5. The van der Waals surface area contributed by atoms with Crippen LogP contribution in [0.5, 0.6) is 0 Å². The predicted octanol–water partition coefficient (Wildman–Crippen LogP) is 3.43. The van der Waals surface area contributed by atoms with Crippen LogP contribution in [0.3, 0.4) is 0 Å². The molecular formula is C21H27N3O2S. The van der Waals surface area contributed by atoms with Crippen LogP contribution in [0.4, 0.5) is 0 Å². The highest BCUT2D eigenvalue weighted by atomic mass is 32.1. The normalized spacial score (nSPS) is 21.1. The minimum absolute atomic E-state index is 0.184. The van der Waals surface area contributed by atoms with Gasteiger partial charge in [-0.05, 0) is 54.8 Å². The molecule has 2 fully saturated rings. The Bertz CT molecular complexity index is 708. The Morgan fingerprint density at radius 1 is 1.22 bits per heavy atom. The summed E-state index contributed by atoms with van der Waals surface area (Å²) in [7, 11) is 0. The van der Waals surface area contributed by atoms with E-state index in [1.54, 1.807) is 0 Å². The van der Waals surface area contributed by atoms with E-state index in [1.165, 1.54) is 23.3 Å². The van der Waals surface area contributed by atoms with Gasteiger partial charge < -0.3 is 9.64 Å². The number of thiophene rings is 1. The van der Waals surface area contributed by atoms with Gasteiger partial charge >= 0.3 is 0 Å². The summed E-state index contributed by atoms with van der Waals surface area (Å²) in [5, 5.41) is 1.97. The number of nitrogens with zero attached hydrogens (tertiary/aromatic N) is 3. The Morgan fingerprint density at radius 3 is 2.70 bits per heavy atom. The standard InChI is InChI=1S/C21H27N3O2S/c25-21(20-4-2-14-27-20)23-11-7-18(8-12-23)24(16-19-3-1-13-26-19)15-17-5-9-22-10-6-17/h2,4-6,9-10,14,18-19H,1,3,7-8,11-13,15-16H2. The van der Waals surface area contributed by atoms with Crippen molar-refractivity contribution in [1.29, 1.82) is 0 Å². The van der Waals surface area contributed by atoms with Crippen LogP contribution in [0.2, 0.25) is 0 Å². The lowest BCUT2D eigenvalue weighted by Gasteiger charge is -2.39. The van der Waals surface area contributed by atoms with E-state index >= 15 is 0 Å². The molecule has 0 N–H and O–H groups in total. The fourth-order valence-electron chi connectivity index (χ4n) is 4.11. The van der Waals surface area contributed by atoms with Gasteiger partial charge in [0, 0.05) is 51.2 Å². The monoisotopic (exact) mass is 385 g/mol. The molecule has 4 heterocycles. The van der Waals surface area contributed by atoms with Gasteiger partial charge in [-0.15, -0.1) is 11.3 Å². The molecule has 0 aromatic carbocycles. The van der Waals surface area contributed by atoms with Crippen LogP contribution in [0, 0.1) is 0 Å². The Morgan fingerprint density at radius 2 is 2.04 bits per heavy atom. The lowest BCUT2D eigenvalue weighted by Crippen LogP contribution is -2.48. The zero-order valence-corrected chi connectivity index (χ0v) is 16.4. The van der Waals surface area contributed by atoms with Gasteiger partial charge in [0.15, 0.2) is 0 Å². The molecule has 4 rings (SSSR count). The van der Waals surface area contributed by atoms with Crippen molar-refractivity contribution in [3.05, 3.63) is 52.5 Å². The van der Waals surface area contributed by atoms with E-state index < -0.39 is 0 Å². The molecule has 2 aromatic heterocycles. The number of pyridine rings is 1. The summed E-state index contributed by atoms with van der Waals surface area (Å²) in [5.74, 6) is 0.184. The quantitative estimate of drug-likeness (QED) is 0.764. The zero-order valence-electron chi connectivity index (χ0n) is 15.6. The maximum Gasteiger partial charge on any atom is 0.263 e. The number of hydrogen-bond donors (Lipinski definition) is 0. The second kappa shape index (κ2) is 8.95. The molecule has 2 aliphatic heterocycles. The van der Waals surface area contributed by atoms with E-state index in [2.05, 4.69) is 22.0 Å². The summed E-state index contributed by atoms with van der Waals surface area (Å²) >= 11 is 1.53. The summed E-state index contributed by atoms with van der Waals surface area (Å²) in [6, 6.07) is 8.56. The number of aromatic nitrogens is 1. The number of ether oxygens (including phenoxy) is 1. The molecule has 2 saturated heterocycles. The number of carbonyl (C=O) groups excluding carboxylic acids is 1. The lowest BCUT2D eigenvalue weighted by atomic mass is 10.0. The largest absolute Gasteiger partial charge is 0.377 e. The first-order valence-electron chi connectivity index (χ1n) is 9.87. The number of piperidine rings is 1. The Hall–Kier alpha value is -1.76. The van der Waals surface area contributed by atoms with Crippen LogP contribution in [-0.4, -0.2) is 59.1 Å². The molecule has 1 unspecified atom stereocenters. The van der Waals surface area contributed by atoms with Gasteiger partial charge in [0.1, 0.15) is 0 Å². The number of hydrogen-bond acceptors (Lipinski definition) is 5. The number of likely N-dealkylation sites (tertiary alicyclic amines) is 1. The number of amides is 1. The first-order valence-corrected chi connectivity index (χ1v) is 10.7. The summed E-state index contributed by atoms with van der Waals surface area (Å²) in [5.41, 5.74) is 1.29. The van der Waals surface area contributed by atoms with Crippen LogP contribution in [0.1, 0.15) is 40.9 Å². The SMILES string of the molecule is O=C(c1cccs1)N1CCC(N(Cc2ccncc2)CC2CCCO2)CC1. The molecule has 5 nitrogen and oxygen atoms in total. The Balaban J connectivity index is 1.39. The van der Waals surface area contributed by atoms with E-state index in [-0.39, 0.29) is 5.91 Å². The smallest absolute Gasteiger partial charge is 0.263 e. The summed E-state index contributed by atoms with van der Waals surface area (Å²) in [6.07, 6.45) is 8.44. The third-order valence-corrected chi connectivity index (χ3v) is 6.46. The molecule has 27 heavy (non-hydrogen) atoms. The summed E-state index contributed by atoms with van der Waals surface area (Å²) in [4.78, 5) is 22.2. The van der Waals surface area contributed by atoms with Crippen LogP contribution in [0.25, 0.3) is 0 Å². The third-order valence-electron chi connectivity index (χ3n) is 5.60. The average molecular weight is 386 g/mol. The first-order chi connectivity index (χ1) is 13.3. The fraction of sp³-hybridized carbons (Fsp3) is 0.524. The van der Waals surface area contributed by atoms with Crippen molar-refractivity contribution in [2.45, 2.75) is 44.4 Å². The van der Waals surface area contributed by atoms with Crippen LogP contribution >= 0.6 is 11.3 Å². The van der Waals surface area contributed by atoms with Crippen molar-refractivity contribution < 1.29 is 9.53 Å². The molecule has 1 amide bonds. The van der Waals surface area contributed by atoms with Crippen molar-refractivity contribution in [1.82, 2.24) is 14.8 Å². The second-order valence-electron chi connectivity index (χ2n) is 7.42. The molecule has 2 aliphatic rings. The maximum absolute atomic E-state index is 12.6. The van der Waals surface area contributed by atoms with Crippen molar-refractivity contribution in [3.8, 4) is 0 Å². The topological polar surface area (TPSA) is 45.7 Å². The van der Waals surface area contributed by atoms with Crippen molar-refractivity contribution in [2.24, 2.45) is 0 Å². The number of carbonyl (C=O) groups is 1. The van der Waals surface area contributed by atoms with Gasteiger partial charge in [-0.1, -0.05) is 6.07 Å². The highest BCUT2D eigenvalue weighted by molar-refractivity contribution is 7.12. The average Bonchev–Trinajstić information content (AvgIpc) is 3.42. The lowest BCUT2D eigenvalue weighted by molar-refractivity contribution is 0.0322. The molecule has 0 radical (unpaired) electrons. The van der Waals surface area contributed by atoms with Gasteiger partial charge in [0.05, 0.1) is 11.0 Å². The van der Waals surface area contributed by atoms with E-state index in [0.29, 0.717) is 12.1 Å². The third kappa shape index (κ3) is 4.75. The van der Waals surface area contributed by atoms with Crippen molar-refractivity contribution in [3.63, 3.8) is 0 Å². The number of rotatable bonds is 6. The van der Waals surface area contributed by atoms with E-state index in [9.17, 15) is 4.79 Å². The molecule has 0 bridgehead atoms. The summed E-state index contributed by atoms with van der Waals surface area (Å²) in [6.45, 7) is 4.46. The minimum Gasteiger partial charge on any atom is -0.377 e. The maximum atomic E-state index is 12.6. The molecular weight excluding hydrogens is 358 g/mol. The van der Waals surface area contributed by atoms with Gasteiger partial charge in [0.2, 0.25) is 0 Å². The van der Waals surface area contributed by atoms with Gasteiger partial charge in [-0.2, -0.15) is 0 Å². The predicted molar refractivity (Wildman–Crippen MR) is 107 cm³/mol. The van der Waals surface area contributed by atoms with E-state index in [0.717, 1.165) is 56.9 Å². The van der Waals surface area contributed by atoms with Crippen LogP contribution < -0.4 is 0 Å².